The van der Waals surface area contributed by atoms with E-state index in [4.69, 9.17) is 5.11 Å². The largest absolute Gasteiger partial charge is 0.480 e. The maximum absolute atomic E-state index is 12.0. The van der Waals surface area contributed by atoms with Crippen LogP contribution >= 0.6 is 0 Å². The number of carboxylic acids is 1. The Morgan fingerprint density at radius 1 is 1.41 bits per heavy atom. The van der Waals surface area contributed by atoms with Crippen molar-refractivity contribution in [3.8, 4) is 0 Å². The van der Waals surface area contributed by atoms with Crippen molar-refractivity contribution in [2.45, 2.75) is 13.8 Å². The minimum absolute atomic E-state index is 0.161. The van der Waals surface area contributed by atoms with Gasteiger partial charge in [0.1, 0.15) is 12.2 Å². The molecule has 0 atom stereocenters. The Balaban J connectivity index is 2.82. The van der Waals surface area contributed by atoms with Crippen LogP contribution in [-0.4, -0.2) is 44.9 Å². The first kappa shape index (κ1) is 13.1. The van der Waals surface area contributed by atoms with Crippen molar-refractivity contribution < 1.29 is 14.7 Å². The van der Waals surface area contributed by atoms with Crippen molar-refractivity contribution >= 4 is 11.9 Å². The Hall–Kier alpha value is -1.98. The smallest absolute Gasteiger partial charge is 0.323 e. The van der Waals surface area contributed by atoms with E-state index in [0.29, 0.717) is 6.54 Å². The lowest BCUT2D eigenvalue weighted by atomic mass is 10.2. The molecule has 1 rings (SSSR count). The van der Waals surface area contributed by atoms with E-state index in [1.165, 1.54) is 23.5 Å². The van der Waals surface area contributed by atoms with Gasteiger partial charge in [-0.3, -0.25) is 14.6 Å². The van der Waals surface area contributed by atoms with Crippen molar-refractivity contribution in [3.63, 3.8) is 0 Å². The van der Waals surface area contributed by atoms with Gasteiger partial charge >= 0.3 is 5.97 Å². The van der Waals surface area contributed by atoms with Gasteiger partial charge in [-0.2, -0.15) is 0 Å². The van der Waals surface area contributed by atoms with Crippen LogP contribution in [0, 0.1) is 5.92 Å². The molecule has 0 aliphatic heterocycles. The highest BCUT2D eigenvalue weighted by Crippen LogP contribution is 2.04. The number of aliphatic carboxylic acids is 1. The van der Waals surface area contributed by atoms with Gasteiger partial charge in [0.25, 0.3) is 5.91 Å². The molecule has 0 aliphatic rings. The monoisotopic (exact) mass is 237 g/mol. The third kappa shape index (κ3) is 4.18. The van der Waals surface area contributed by atoms with Crippen molar-refractivity contribution in [2.24, 2.45) is 5.92 Å². The van der Waals surface area contributed by atoms with Gasteiger partial charge in [-0.1, -0.05) is 13.8 Å². The van der Waals surface area contributed by atoms with E-state index in [1.54, 1.807) is 0 Å². The van der Waals surface area contributed by atoms with Crippen LogP contribution in [0.4, 0.5) is 0 Å². The zero-order valence-electron chi connectivity index (χ0n) is 9.83. The molecule has 0 spiro atoms. The molecule has 0 bridgehead atoms. The molecular formula is C11H15N3O3. The Morgan fingerprint density at radius 3 is 2.59 bits per heavy atom. The average Bonchev–Trinajstić information content (AvgIpc) is 2.27. The first-order valence-corrected chi connectivity index (χ1v) is 5.27. The van der Waals surface area contributed by atoms with E-state index in [-0.39, 0.29) is 18.2 Å². The first-order valence-electron chi connectivity index (χ1n) is 5.27. The van der Waals surface area contributed by atoms with Crippen LogP contribution < -0.4 is 0 Å². The van der Waals surface area contributed by atoms with Gasteiger partial charge in [-0.05, 0) is 5.92 Å². The fourth-order valence-corrected chi connectivity index (χ4v) is 1.39. The van der Waals surface area contributed by atoms with Gasteiger partial charge in [0.15, 0.2) is 0 Å². The highest BCUT2D eigenvalue weighted by atomic mass is 16.4. The van der Waals surface area contributed by atoms with Crippen LogP contribution in [0.1, 0.15) is 24.3 Å². The van der Waals surface area contributed by atoms with Crippen molar-refractivity contribution in [1.82, 2.24) is 14.9 Å². The predicted molar refractivity (Wildman–Crippen MR) is 60.4 cm³/mol. The summed E-state index contributed by atoms with van der Waals surface area (Å²) in [5.74, 6) is -1.26. The maximum atomic E-state index is 12.0. The first-order chi connectivity index (χ1) is 8.00. The summed E-state index contributed by atoms with van der Waals surface area (Å²) in [5, 5.41) is 8.76. The highest BCUT2D eigenvalue weighted by Gasteiger charge is 2.20. The number of rotatable bonds is 5. The number of nitrogens with zero attached hydrogens (tertiary/aromatic N) is 3. The molecule has 0 radical (unpaired) electrons. The van der Waals surface area contributed by atoms with E-state index in [2.05, 4.69) is 9.97 Å². The van der Waals surface area contributed by atoms with E-state index >= 15 is 0 Å². The van der Waals surface area contributed by atoms with Gasteiger partial charge in [0, 0.05) is 18.9 Å². The molecule has 6 heteroatoms. The summed E-state index contributed by atoms with van der Waals surface area (Å²) in [4.78, 5) is 31.6. The fraction of sp³-hybridized carbons (Fsp3) is 0.455. The van der Waals surface area contributed by atoms with Gasteiger partial charge in [-0.15, -0.1) is 0 Å². The lowest BCUT2D eigenvalue weighted by molar-refractivity contribution is -0.137. The zero-order valence-corrected chi connectivity index (χ0v) is 9.83. The summed E-state index contributed by atoms with van der Waals surface area (Å²) < 4.78 is 0. The third-order valence-corrected chi connectivity index (χ3v) is 1.98. The average molecular weight is 237 g/mol. The Labute approximate surface area is 99.3 Å². The van der Waals surface area contributed by atoms with Gasteiger partial charge in [0.2, 0.25) is 0 Å². The van der Waals surface area contributed by atoms with Crippen molar-refractivity contribution in [1.29, 1.82) is 0 Å². The van der Waals surface area contributed by atoms with Crippen molar-refractivity contribution in [3.05, 3.63) is 24.3 Å². The molecule has 1 aromatic heterocycles. The minimum Gasteiger partial charge on any atom is -0.480 e. The predicted octanol–water partition coefficient (Wildman–Crippen LogP) is 0.659. The quantitative estimate of drug-likeness (QED) is 0.813. The standard InChI is InChI=1S/C11H15N3O3/c1-8(2)6-14(7-10(15)16)11(17)9-5-12-3-4-13-9/h3-5,8H,6-7H2,1-2H3,(H,15,16). The molecule has 0 fully saturated rings. The zero-order chi connectivity index (χ0) is 12.8. The van der Waals surface area contributed by atoms with Crippen LogP contribution in [0.25, 0.3) is 0 Å². The van der Waals surface area contributed by atoms with Crippen LogP contribution in [-0.2, 0) is 4.79 Å². The maximum Gasteiger partial charge on any atom is 0.323 e. The Morgan fingerprint density at radius 2 is 2.12 bits per heavy atom. The summed E-state index contributed by atoms with van der Waals surface area (Å²) in [5.41, 5.74) is 0.161. The summed E-state index contributed by atoms with van der Waals surface area (Å²) in [6.07, 6.45) is 4.19. The van der Waals surface area contributed by atoms with Crippen LogP contribution in [0.3, 0.4) is 0 Å². The van der Waals surface area contributed by atoms with Crippen molar-refractivity contribution in [2.75, 3.05) is 13.1 Å². The fourth-order valence-electron chi connectivity index (χ4n) is 1.39. The molecule has 1 N–H and O–H groups in total. The number of carbonyl (C=O) groups excluding carboxylic acids is 1. The molecule has 1 heterocycles. The molecule has 17 heavy (non-hydrogen) atoms. The molecule has 0 aromatic carbocycles. The molecule has 6 nitrogen and oxygen atoms in total. The number of carboxylic acid groups (broad SMARTS) is 1. The second-order valence-electron chi connectivity index (χ2n) is 4.06. The van der Waals surface area contributed by atoms with Gasteiger partial charge in [-0.25, -0.2) is 4.98 Å². The molecule has 0 unspecified atom stereocenters. The Kier molecular flexibility index (Phi) is 4.56. The molecule has 0 saturated carbocycles. The summed E-state index contributed by atoms with van der Waals surface area (Å²) in [7, 11) is 0. The summed E-state index contributed by atoms with van der Waals surface area (Å²) in [6, 6.07) is 0. The van der Waals surface area contributed by atoms with Crippen LogP contribution in [0.15, 0.2) is 18.6 Å². The van der Waals surface area contributed by atoms with E-state index in [9.17, 15) is 9.59 Å². The number of carbonyl (C=O) groups is 2. The Bertz CT molecular complexity index is 392. The molecule has 0 aliphatic carbocycles. The normalized spacial score (nSPS) is 10.3. The minimum atomic E-state index is -1.04. The molecule has 92 valence electrons. The lowest BCUT2D eigenvalue weighted by Gasteiger charge is -2.21. The third-order valence-electron chi connectivity index (χ3n) is 1.98. The molecular weight excluding hydrogens is 222 g/mol. The number of hydrogen-bond donors (Lipinski definition) is 1. The summed E-state index contributed by atoms with van der Waals surface area (Å²) in [6.45, 7) is 3.88. The van der Waals surface area contributed by atoms with E-state index in [1.807, 2.05) is 13.8 Å². The van der Waals surface area contributed by atoms with Crippen LogP contribution in [0.5, 0.6) is 0 Å². The second-order valence-corrected chi connectivity index (χ2v) is 4.06. The van der Waals surface area contributed by atoms with E-state index in [0.717, 1.165) is 0 Å². The van der Waals surface area contributed by atoms with Gasteiger partial charge < -0.3 is 10.0 Å². The SMILES string of the molecule is CC(C)CN(CC(=O)O)C(=O)c1cnccn1. The lowest BCUT2D eigenvalue weighted by Crippen LogP contribution is -2.38. The summed E-state index contributed by atoms with van der Waals surface area (Å²) >= 11 is 0. The second kappa shape index (κ2) is 5.93. The van der Waals surface area contributed by atoms with Crippen LogP contribution in [0.2, 0.25) is 0 Å². The molecule has 1 aromatic rings. The number of amides is 1. The highest BCUT2D eigenvalue weighted by molar-refractivity contribution is 5.93. The van der Waals surface area contributed by atoms with Gasteiger partial charge in [0.05, 0.1) is 6.20 Å². The molecule has 0 saturated heterocycles. The van der Waals surface area contributed by atoms with E-state index < -0.39 is 11.9 Å². The number of hydrogen-bond acceptors (Lipinski definition) is 4. The number of aromatic nitrogens is 2. The molecule has 1 amide bonds. The topological polar surface area (TPSA) is 83.4 Å².